The lowest BCUT2D eigenvalue weighted by Crippen LogP contribution is -2.45. The lowest BCUT2D eigenvalue weighted by atomic mass is 9.98. The highest BCUT2D eigenvalue weighted by Crippen LogP contribution is 2.29. The van der Waals surface area contributed by atoms with Crippen LogP contribution >= 0.6 is 0 Å². The minimum atomic E-state index is -3.26. The third-order valence-electron chi connectivity index (χ3n) is 4.57. The number of nitrogens with zero attached hydrogens (tertiary/aromatic N) is 1. The summed E-state index contributed by atoms with van der Waals surface area (Å²) in [5, 5.41) is 2.91. The highest BCUT2D eigenvalue weighted by molar-refractivity contribution is 7.89. The first kappa shape index (κ1) is 21.5. The van der Waals surface area contributed by atoms with Gasteiger partial charge in [-0.25, -0.2) is 12.7 Å². The van der Waals surface area contributed by atoms with E-state index in [0.29, 0.717) is 37.4 Å². The van der Waals surface area contributed by atoms with Crippen LogP contribution in [-0.2, 0) is 21.4 Å². The molecule has 1 aliphatic rings. The van der Waals surface area contributed by atoms with Crippen molar-refractivity contribution in [1.29, 1.82) is 0 Å². The molecule has 0 saturated carbocycles. The minimum absolute atomic E-state index is 0.0399. The molecule has 8 heteroatoms. The molecule has 1 atom stereocenters. The molecule has 1 aromatic rings. The molecule has 1 heterocycles. The monoisotopic (exact) mass is 398 g/mol. The normalized spacial score (nSPS) is 18.3. The lowest BCUT2D eigenvalue weighted by molar-refractivity contribution is -0.126. The number of benzene rings is 1. The predicted molar refractivity (Wildman–Crippen MR) is 104 cm³/mol. The van der Waals surface area contributed by atoms with Gasteiger partial charge in [0.2, 0.25) is 15.9 Å². The molecule has 2 rings (SSSR count). The Hall–Kier alpha value is -1.80. The zero-order valence-electron chi connectivity index (χ0n) is 16.5. The molecule has 1 saturated heterocycles. The first-order valence-electron chi connectivity index (χ1n) is 9.36. The summed E-state index contributed by atoms with van der Waals surface area (Å²) in [6.07, 6.45) is 1.44. The van der Waals surface area contributed by atoms with E-state index in [1.165, 1.54) is 4.31 Å². The van der Waals surface area contributed by atoms with E-state index in [9.17, 15) is 13.2 Å². The number of piperidine rings is 1. The summed E-state index contributed by atoms with van der Waals surface area (Å²) in [6.45, 7) is 6.62. The van der Waals surface area contributed by atoms with Gasteiger partial charge in [0.1, 0.15) is 0 Å². The summed E-state index contributed by atoms with van der Waals surface area (Å²) in [5.41, 5.74) is 0.894. The Labute approximate surface area is 162 Å². The van der Waals surface area contributed by atoms with Crippen molar-refractivity contribution in [3.63, 3.8) is 0 Å². The second-order valence-electron chi connectivity index (χ2n) is 6.97. The maximum Gasteiger partial charge on any atom is 0.224 e. The molecule has 152 valence electrons. The van der Waals surface area contributed by atoms with Gasteiger partial charge in [0, 0.05) is 19.6 Å². The Morgan fingerprint density at radius 1 is 1.33 bits per heavy atom. The summed E-state index contributed by atoms with van der Waals surface area (Å²) in [6, 6.07) is 5.55. The van der Waals surface area contributed by atoms with Crippen LogP contribution in [0.5, 0.6) is 11.5 Å². The molecule has 0 radical (unpaired) electrons. The lowest BCUT2D eigenvalue weighted by Gasteiger charge is -2.30. The van der Waals surface area contributed by atoms with Crippen LogP contribution in [0, 0.1) is 5.92 Å². The fraction of sp³-hybridized carbons (Fsp3) is 0.632. The van der Waals surface area contributed by atoms with E-state index in [0.717, 1.165) is 5.56 Å². The number of carbonyl (C=O) groups is 1. The van der Waals surface area contributed by atoms with E-state index < -0.39 is 10.0 Å². The first-order valence-corrected chi connectivity index (χ1v) is 11.0. The third kappa shape index (κ3) is 5.84. The number of hydrogen-bond acceptors (Lipinski definition) is 5. The van der Waals surface area contributed by atoms with Gasteiger partial charge in [-0.1, -0.05) is 6.07 Å². The topological polar surface area (TPSA) is 84.9 Å². The van der Waals surface area contributed by atoms with Crippen molar-refractivity contribution in [3.8, 4) is 11.5 Å². The number of sulfonamides is 1. The maximum atomic E-state index is 12.5. The Balaban J connectivity index is 1.97. The van der Waals surface area contributed by atoms with Crippen molar-refractivity contribution >= 4 is 15.9 Å². The number of methoxy groups -OCH3 is 1. The minimum Gasteiger partial charge on any atom is -0.493 e. The number of ether oxygens (including phenoxy) is 2. The highest BCUT2D eigenvalue weighted by Gasteiger charge is 2.31. The van der Waals surface area contributed by atoms with Crippen molar-refractivity contribution < 1.29 is 22.7 Å². The van der Waals surface area contributed by atoms with Gasteiger partial charge in [0.05, 0.1) is 24.9 Å². The summed E-state index contributed by atoms with van der Waals surface area (Å²) in [7, 11) is -1.68. The maximum absolute atomic E-state index is 12.5. The van der Waals surface area contributed by atoms with Gasteiger partial charge in [0.25, 0.3) is 0 Å². The summed E-state index contributed by atoms with van der Waals surface area (Å²) >= 11 is 0. The Bertz CT molecular complexity index is 748. The van der Waals surface area contributed by atoms with Crippen LogP contribution < -0.4 is 14.8 Å². The second-order valence-corrected chi connectivity index (χ2v) is 9.22. The number of amides is 1. The molecule has 1 fully saturated rings. The van der Waals surface area contributed by atoms with E-state index in [-0.39, 0.29) is 30.2 Å². The quantitative estimate of drug-likeness (QED) is 0.725. The second kappa shape index (κ2) is 9.41. The van der Waals surface area contributed by atoms with Crippen molar-refractivity contribution in [2.45, 2.75) is 46.3 Å². The van der Waals surface area contributed by atoms with Crippen LogP contribution in [0.25, 0.3) is 0 Å². The smallest absolute Gasteiger partial charge is 0.224 e. The average molecular weight is 399 g/mol. The van der Waals surface area contributed by atoms with Gasteiger partial charge >= 0.3 is 0 Å². The van der Waals surface area contributed by atoms with E-state index in [1.54, 1.807) is 14.0 Å². The van der Waals surface area contributed by atoms with E-state index in [4.69, 9.17) is 9.47 Å². The van der Waals surface area contributed by atoms with Crippen LogP contribution in [0.3, 0.4) is 0 Å². The third-order valence-corrected chi connectivity index (χ3v) is 6.42. The molecule has 0 spiro atoms. The van der Waals surface area contributed by atoms with Gasteiger partial charge < -0.3 is 14.8 Å². The van der Waals surface area contributed by atoms with Crippen molar-refractivity contribution in [3.05, 3.63) is 23.8 Å². The van der Waals surface area contributed by atoms with Gasteiger partial charge in [0.15, 0.2) is 11.5 Å². The van der Waals surface area contributed by atoms with Gasteiger partial charge in [-0.2, -0.15) is 0 Å². The Morgan fingerprint density at radius 3 is 2.70 bits per heavy atom. The fourth-order valence-corrected chi connectivity index (χ4v) is 4.28. The van der Waals surface area contributed by atoms with Gasteiger partial charge in [-0.15, -0.1) is 0 Å². The summed E-state index contributed by atoms with van der Waals surface area (Å²) < 4.78 is 36.6. The molecule has 27 heavy (non-hydrogen) atoms. The highest BCUT2D eigenvalue weighted by atomic mass is 32.2. The van der Waals surface area contributed by atoms with E-state index in [1.807, 2.05) is 32.0 Å². The largest absolute Gasteiger partial charge is 0.493 e. The molecule has 1 aliphatic heterocycles. The van der Waals surface area contributed by atoms with Crippen LogP contribution in [-0.4, -0.2) is 50.7 Å². The number of hydrogen-bond donors (Lipinski definition) is 1. The van der Waals surface area contributed by atoms with Crippen LogP contribution in [0.2, 0.25) is 0 Å². The zero-order chi connectivity index (χ0) is 20.0. The summed E-state index contributed by atoms with van der Waals surface area (Å²) in [4.78, 5) is 12.5. The predicted octanol–water partition coefficient (Wildman–Crippen LogP) is 2.16. The van der Waals surface area contributed by atoms with Crippen molar-refractivity contribution in [1.82, 2.24) is 9.62 Å². The number of nitrogens with one attached hydrogen (secondary N) is 1. The molecule has 1 aromatic carbocycles. The molecule has 1 unspecified atom stereocenters. The van der Waals surface area contributed by atoms with E-state index in [2.05, 4.69) is 5.32 Å². The molecular formula is C19H30N2O5S. The van der Waals surface area contributed by atoms with Gasteiger partial charge in [-0.3, -0.25) is 4.79 Å². The molecule has 1 N–H and O–H groups in total. The Kier molecular flexibility index (Phi) is 7.49. The van der Waals surface area contributed by atoms with Crippen molar-refractivity contribution in [2.75, 3.05) is 26.0 Å². The fourth-order valence-electron chi connectivity index (χ4n) is 3.10. The standard InChI is InChI=1S/C19H30N2O5S/c1-5-27(23,24)21-10-6-7-16(13-21)19(22)20-12-15-8-9-17(26-14(2)3)18(11-15)25-4/h8-9,11,14,16H,5-7,10,12-13H2,1-4H3,(H,20,22). The molecular weight excluding hydrogens is 368 g/mol. The van der Waals surface area contributed by atoms with Crippen LogP contribution in [0.1, 0.15) is 39.2 Å². The van der Waals surface area contributed by atoms with E-state index >= 15 is 0 Å². The molecule has 0 bridgehead atoms. The SMILES string of the molecule is CCS(=O)(=O)N1CCCC(C(=O)NCc2ccc(OC(C)C)c(OC)c2)C1. The molecule has 0 aromatic heterocycles. The first-order chi connectivity index (χ1) is 12.8. The zero-order valence-corrected chi connectivity index (χ0v) is 17.3. The Morgan fingerprint density at radius 2 is 2.07 bits per heavy atom. The number of rotatable bonds is 8. The van der Waals surface area contributed by atoms with Crippen molar-refractivity contribution in [2.24, 2.45) is 5.92 Å². The van der Waals surface area contributed by atoms with Gasteiger partial charge in [-0.05, 0) is 51.3 Å². The van der Waals surface area contributed by atoms with Crippen LogP contribution in [0.4, 0.5) is 0 Å². The summed E-state index contributed by atoms with van der Waals surface area (Å²) in [5.74, 6) is 0.910. The van der Waals surface area contributed by atoms with Crippen LogP contribution in [0.15, 0.2) is 18.2 Å². The molecule has 1 amide bonds. The average Bonchev–Trinajstić information content (AvgIpc) is 2.66. The molecule has 0 aliphatic carbocycles. The number of carbonyl (C=O) groups excluding carboxylic acids is 1. The molecule has 7 nitrogen and oxygen atoms in total.